The fourth-order valence-electron chi connectivity index (χ4n) is 2.49. The van der Waals surface area contributed by atoms with Crippen LogP contribution in [0, 0.1) is 6.92 Å². The summed E-state index contributed by atoms with van der Waals surface area (Å²) in [5.74, 6) is 0.0627. The molecule has 0 amide bonds. The van der Waals surface area contributed by atoms with Crippen LogP contribution in [0.5, 0.6) is 0 Å². The van der Waals surface area contributed by atoms with E-state index >= 15 is 0 Å². The summed E-state index contributed by atoms with van der Waals surface area (Å²) in [6.45, 7) is 2.06. The van der Waals surface area contributed by atoms with Crippen LogP contribution in [0.1, 0.15) is 21.5 Å². The van der Waals surface area contributed by atoms with Crippen molar-refractivity contribution in [1.82, 2.24) is 0 Å². The lowest BCUT2D eigenvalue weighted by Gasteiger charge is -2.09. The maximum atomic E-state index is 12.7. The Balaban J connectivity index is 2.11. The minimum Gasteiger partial charge on any atom is -0.289 e. The molecule has 0 N–H and O–H groups in total. The number of hydrogen-bond donors (Lipinski definition) is 0. The lowest BCUT2D eigenvalue weighted by atomic mass is 9.93. The van der Waals surface area contributed by atoms with Crippen LogP contribution in [0.4, 0.5) is 0 Å². The van der Waals surface area contributed by atoms with E-state index in [0.717, 1.165) is 22.3 Å². The van der Waals surface area contributed by atoms with Crippen LogP contribution < -0.4 is 0 Å². The molecule has 0 unspecified atom stereocenters. The second kappa shape index (κ2) is 5.76. The third-order valence-electron chi connectivity index (χ3n) is 3.54. The smallest absolute Gasteiger partial charge is 0.193 e. The van der Waals surface area contributed by atoms with Gasteiger partial charge in [0.25, 0.3) is 0 Å². The van der Waals surface area contributed by atoms with Gasteiger partial charge in [0.2, 0.25) is 0 Å². The lowest BCUT2D eigenvalue weighted by molar-refractivity contribution is 0.103. The SMILES string of the molecule is Cc1cccc(-c2ccccc2C(=O)c2ccccc2)c1. The first-order valence-electron chi connectivity index (χ1n) is 7.01. The van der Waals surface area contributed by atoms with E-state index in [0.29, 0.717) is 0 Å². The van der Waals surface area contributed by atoms with Crippen molar-refractivity contribution < 1.29 is 4.79 Å². The van der Waals surface area contributed by atoms with Gasteiger partial charge in [0.15, 0.2) is 5.78 Å². The molecule has 21 heavy (non-hydrogen) atoms. The Morgan fingerprint density at radius 2 is 1.48 bits per heavy atom. The standard InChI is InChI=1S/C20H16O/c1-15-8-7-11-17(14-15)18-12-5-6-13-19(18)20(21)16-9-3-2-4-10-16/h2-14H,1H3. The van der Waals surface area contributed by atoms with Crippen molar-refractivity contribution in [3.8, 4) is 11.1 Å². The molecule has 0 aliphatic rings. The summed E-state index contributed by atoms with van der Waals surface area (Å²) >= 11 is 0. The van der Waals surface area contributed by atoms with E-state index in [4.69, 9.17) is 0 Å². The summed E-state index contributed by atoms with van der Waals surface area (Å²) < 4.78 is 0. The van der Waals surface area contributed by atoms with Gasteiger partial charge in [-0.1, -0.05) is 84.4 Å². The van der Waals surface area contributed by atoms with E-state index in [9.17, 15) is 4.79 Å². The van der Waals surface area contributed by atoms with Crippen LogP contribution in [0.15, 0.2) is 78.9 Å². The van der Waals surface area contributed by atoms with Crippen molar-refractivity contribution >= 4 is 5.78 Å². The Bertz CT molecular complexity index is 773. The zero-order valence-corrected chi connectivity index (χ0v) is 11.9. The number of ketones is 1. The average molecular weight is 272 g/mol. The molecule has 0 saturated heterocycles. The second-order valence-electron chi connectivity index (χ2n) is 5.11. The van der Waals surface area contributed by atoms with Crippen LogP contribution in [-0.2, 0) is 0 Å². The van der Waals surface area contributed by atoms with E-state index in [1.54, 1.807) is 0 Å². The van der Waals surface area contributed by atoms with E-state index in [2.05, 4.69) is 19.1 Å². The fraction of sp³-hybridized carbons (Fsp3) is 0.0500. The van der Waals surface area contributed by atoms with Gasteiger partial charge in [0.05, 0.1) is 0 Å². The molecule has 0 aliphatic carbocycles. The molecule has 0 bridgehead atoms. The summed E-state index contributed by atoms with van der Waals surface area (Å²) in [7, 11) is 0. The molecule has 0 aliphatic heterocycles. The first-order valence-corrected chi connectivity index (χ1v) is 7.01. The zero-order valence-electron chi connectivity index (χ0n) is 11.9. The van der Waals surface area contributed by atoms with Gasteiger partial charge in [-0.2, -0.15) is 0 Å². The molecule has 0 spiro atoms. The van der Waals surface area contributed by atoms with Crippen LogP contribution >= 0.6 is 0 Å². The number of hydrogen-bond acceptors (Lipinski definition) is 1. The summed E-state index contributed by atoms with van der Waals surface area (Å²) in [4.78, 5) is 12.7. The summed E-state index contributed by atoms with van der Waals surface area (Å²) in [6, 6.07) is 25.4. The molecule has 1 heteroatoms. The Morgan fingerprint density at radius 1 is 0.762 bits per heavy atom. The predicted octanol–water partition coefficient (Wildman–Crippen LogP) is 4.89. The molecular weight excluding hydrogens is 256 g/mol. The van der Waals surface area contributed by atoms with Crippen molar-refractivity contribution in [3.05, 3.63) is 95.6 Å². The van der Waals surface area contributed by atoms with Crippen molar-refractivity contribution in [2.75, 3.05) is 0 Å². The van der Waals surface area contributed by atoms with Crippen LogP contribution in [0.3, 0.4) is 0 Å². The monoisotopic (exact) mass is 272 g/mol. The van der Waals surface area contributed by atoms with E-state index in [1.165, 1.54) is 5.56 Å². The molecule has 0 atom stereocenters. The molecule has 0 aromatic heterocycles. The number of aryl methyl sites for hydroxylation is 1. The van der Waals surface area contributed by atoms with Crippen LogP contribution in [-0.4, -0.2) is 5.78 Å². The zero-order chi connectivity index (χ0) is 14.7. The molecule has 0 fully saturated rings. The van der Waals surface area contributed by atoms with Gasteiger partial charge in [-0.3, -0.25) is 4.79 Å². The number of carbonyl (C=O) groups excluding carboxylic acids is 1. The summed E-state index contributed by atoms with van der Waals surface area (Å²) in [6.07, 6.45) is 0. The van der Waals surface area contributed by atoms with Crippen molar-refractivity contribution in [2.45, 2.75) is 6.92 Å². The molecule has 1 nitrogen and oxygen atoms in total. The maximum Gasteiger partial charge on any atom is 0.193 e. The largest absolute Gasteiger partial charge is 0.289 e. The van der Waals surface area contributed by atoms with Gasteiger partial charge in [0, 0.05) is 11.1 Å². The molecule has 3 aromatic rings. The minimum absolute atomic E-state index is 0.0627. The van der Waals surface area contributed by atoms with Gasteiger partial charge in [0.1, 0.15) is 0 Å². The topological polar surface area (TPSA) is 17.1 Å². The highest BCUT2D eigenvalue weighted by atomic mass is 16.1. The normalized spacial score (nSPS) is 10.3. The van der Waals surface area contributed by atoms with Gasteiger partial charge in [-0.15, -0.1) is 0 Å². The highest BCUT2D eigenvalue weighted by Crippen LogP contribution is 2.26. The van der Waals surface area contributed by atoms with E-state index in [-0.39, 0.29) is 5.78 Å². The van der Waals surface area contributed by atoms with Gasteiger partial charge in [-0.25, -0.2) is 0 Å². The molecule has 0 radical (unpaired) electrons. The average Bonchev–Trinajstić information content (AvgIpc) is 2.55. The highest BCUT2D eigenvalue weighted by Gasteiger charge is 2.13. The fourth-order valence-corrected chi connectivity index (χ4v) is 2.49. The molecule has 102 valence electrons. The van der Waals surface area contributed by atoms with Gasteiger partial charge in [-0.05, 0) is 18.1 Å². The molecule has 0 saturated carbocycles. The number of benzene rings is 3. The van der Waals surface area contributed by atoms with Gasteiger partial charge >= 0.3 is 0 Å². The highest BCUT2D eigenvalue weighted by molar-refractivity contribution is 6.12. The van der Waals surface area contributed by atoms with Crippen molar-refractivity contribution in [3.63, 3.8) is 0 Å². The van der Waals surface area contributed by atoms with E-state index < -0.39 is 0 Å². The predicted molar refractivity (Wildman–Crippen MR) is 86.5 cm³/mol. The third-order valence-corrected chi connectivity index (χ3v) is 3.54. The maximum absolute atomic E-state index is 12.7. The number of carbonyl (C=O) groups is 1. The summed E-state index contributed by atoms with van der Waals surface area (Å²) in [5, 5.41) is 0. The number of rotatable bonds is 3. The third kappa shape index (κ3) is 2.77. The van der Waals surface area contributed by atoms with Crippen LogP contribution in [0.25, 0.3) is 11.1 Å². The van der Waals surface area contributed by atoms with Crippen molar-refractivity contribution in [2.24, 2.45) is 0 Å². The summed E-state index contributed by atoms with van der Waals surface area (Å²) in [5.41, 5.74) is 4.71. The minimum atomic E-state index is 0.0627. The van der Waals surface area contributed by atoms with Gasteiger partial charge < -0.3 is 0 Å². The Kier molecular flexibility index (Phi) is 3.65. The Labute approximate surface area is 124 Å². The molecule has 3 rings (SSSR count). The first-order chi connectivity index (χ1) is 10.3. The van der Waals surface area contributed by atoms with Crippen molar-refractivity contribution in [1.29, 1.82) is 0 Å². The lowest BCUT2D eigenvalue weighted by Crippen LogP contribution is -2.03. The molecule has 3 aromatic carbocycles. The Morgan fingerprint density at radius 3 is 2.24 bits per heavy atom. The quantitative estimate of drug-likeness (QED) is 0.620. The first kappa shape index (κ1) is 13.3. The van der Waals surface area contributed by atoms with Crippen LogP contribution in [0.2, 0.25) is 0 Å². The second-order valence-corrected chi connectivity index (χ2v) is 5.11. The Hall–Kier alpha value is -2.67. The van der Waals surface area contributed by atoms with E-state index in [1.807, 2.05) is 66.7 Å². The molecular formula is C20H16O. The molecule has 0 heterocycles.